The number of fused-ring (bicyclic) bond motifs is 1. The molecule has 1 aromatic heterocycles. The monoisotopic (exact) mass is 310 g/mol. The fraction of sp³-hybridized carbons (Fsp3) is 0.368. The van der Waals surface area contributed by atoms with Crippen LogP contribution in [-0.4, -0.2) is 22.5 Å². The van der Waals surface area contributed by atoms with Gasteiger partial charge in [-0.15, -0.1) is 0 Å². The lowest BCUT2D eigenvalue weighted by atomic mass is 9.79. The molecule has 0 radical (unpaired) electrons. The number of hydrogen-bond donors (Lipinski definition) is 2. The van der Waals surface area contributed by atoms with E-state index in [0.717, 1.165) is 24.0 Å². The summed E-state index contributed by atoms with van der Waals surface area (Å²) < 4.78 is 0. The Balaban J connectivity index is 1.57. The highest BCUT2D eigenvalue weighted by atomic mass is 16.3. The van der Waals surface area contributed by atoms with E-state index in [1.165, 1.54) is 5.56 Å². The number of aryl methyl sites for hydroxylation is 2. The standard InChI is InChI=1S/C19H22N2O2/c22-18(10-9-15-5-4-12-20-13-15)21-14-19(23)11-3-7-16-6-1-2-8-17(16)19/h1-2,4-6,8,12-13,23H,3,7,9-11,14H2,(H,21,22)/t19-/m0/s1. The van der Waals surface area contributed by atoms with Crippen LogP contribution >= 0.6 is 0 Å². The molecular formula is C19H22N2O2. The molecule has 1 aromatic carbocycles. The molecule has 0 saturated carbocycles. The van der Waals surface area contributed by atoms with Crippen molar-refractivity contribution in [2.24, 2.45) is 0 Å². The van der Waals surface area contributed by atoms with Crippen molar-refractivity contribution < 1.29 is 9.90 Å². The van der Waals surface area contributed by atoms with Crippen LogP contribution in [-0.2, 0) is 23.2 Å². The number of amides is 1. The molecule has 2 N–H and O–H groups in total. The van der Waals surface area contributed by atoms with Crippen molar-refractivity contribution in [1.82, 2.24) is 10.3 Å². The van der Waals surface area contributed by atoms with Crippen molar-refractivity contribution in [2.45, 2.75) is 37.7 Å². The summed E-state index contributed by atoms with van der Waals surface area (Å²) in [6, 6.07) is 11.8. The zero-order chi connectivity index (χ0) is 16.1. The number of carbonyl (C=O) groups is 1. The van der Waals surface area contributed by atoms with Crippen molar-refractivity contribution in [1.29, 1.82) is 0 Å². The van der Waals surface area contributed by atoms with E-state index in [2.05, 4.69) is 16.4 Å². The summed E-state index contributed by atoms with van der Waals surface area (Å²) >= 11 is 0. The molecule has 1 aliphatic rings. The van der Waals surface area contributed by atoms with Gasteiger partial charge in [0.05, 0.1) is 6.54 Å². The van der Waals surface area contributed by atoms with Crippen LogP contribution in [0.5, 0.6) is 0 Å². The Morgan fingerprint density at radius 3 is 2.96 bits per heavy atom. The van der Waals surface area contributed by atoms with Crippen LogP contribution in [0.2, 0.25) is 0 Å². The Bertz CT molecular complexity index is 672. The Hall–Kier alpha value is -2.20. The summed E-state index contributed by atoms with van der Waals surface area (Å²) in [5.74, 6) is -0.0367. The molecule has 1 aliphatic carbocycles. The van der Waals surface area contributed by atoms with Crippen LogP contribution in [0.25, 0.3) is 0 Å². The third-order valence-corrected chi connectivity index (χ3v) is 4.50. The maximum Gasteiger partial charge on any atom is 0.220 e. The summed E-state index contributed by atoms with van der Waals surface area (Å²) in [7, 11) is 0. The van der Waals surface area contributed by atoms with Crippen molar-refractivity contribution >= 4 is 5.91 Å². The lowest BCUT2D eigenvalue weighted by molar-refractivity contribution is -0.122. The topological polar surface area (TPSA) is 62.2 Å². The summed E-state index contributed by atoms with van der Waals surface area (Å²) in [6.45, 7) is 0.274. The number of nitrogens with zero attached hydrogens (tertiary/aromatic N) is 1. The van der Waals surface area contributed by atoms with Gasteiger partial charge in [-0.05, 0) is 48.4 Å². The van der Waals surface area contributed by atoms with Gasteiger partial charge in [-0.1, -0.05) is 30.3 Å². The molecule has 4 heteroatoms. The van der Waals surface area contributed by atoms with Crippen LogP contribution < -0.4 is 5.32 Å². The first kappa shape index (κ1) is 15.7. The highest BCUT2D eigenvalue weighted by Gasteiger charge is 2.34. The van der Waals surface area contributed by atoms with Crippen molar-refractivity contribution in [3.63, 3.8) is 0 Å². The van der Waals surface area contributed by atoms with E-state index in [0.29, 0.717) is 19.3 Å². The van der Waals surface area contributed by atoms with E-state index in [1.807, 2.05) is 30.3 Å². The van der Waals surface area contributed by atoms with Gasteiger partial charge in [0.2, 0.25) is 5.91 Å². The van der Waals surface area contributed by atoms with Gasteiger partial charge in [0.25, 0.3) is 0 Å². The normalized spacial score (nSPS) is 19.9. The fourth-order valence-corrected chi connectivity index (χ4v) is 3.22. The summed E-state index contributed by atoms with van der Waals surface area (Å²) in [5.41, 5.74) is 2.24. The second-order valence-electron chi connectivity index (χ2n) is 6.18. The average molecular weight is 310 g/mol. The maximum atomic E-state index is 12.1. The minimum absolute atomic E-state index is 0.0367. The molecule has 0 fully saturated rings. The number of nitrogens with one attached hydrogen (secondary N) is 1. The largest absolute Gasteiger partial charge is 0.383 e. The van der Waals surface area contributed by atoms with Gasteiger partial charge in [0.1, 0.15) is 5.60 Å². The van der Waals surface area contributed by atoms with E-state index < -0.39 is 5.60 Å². The first-order chi connectivity index (χ1) is 11.2. The number of aliphatic hydroxyl groups is 1. The summed E-state index contributed by atoms with van der Waals surface area (Å²) in [4.78, 5) is 16.1. The molecule has 0 saturated heterocycles. The molecule has 0 spiro atoms. The number of hydrogen-bond acceptors (Lipinski definition) is 3. The highest BCUT2D eigenvalue weighted by molar-refractivity contribution is 5.76. The Morgan fingerprint density at radius 2 is 2.13 bits per heavy atom. The molecule has 120 valence electrons. The van der Waals surface area contributed by atoms with E-state index in [9.17, 15) is 9.90 Å². The molecule has 0 aliphatic heterocycles. The fourth-order valence-electron chi connectivity index (χ4n) is 3.22. The van der Waals surface area contributed by atoms with Gasteiger partial charge < -0.3 is 10.4 Å². The van der Waals surface area contributed by atoms with Crippen molar-refractivity contribution in [2.75, 3.05) is 6.54 Å². The third kappa shape index (κ3) is 3.77. The molecule has 1 atom stereocenters. The van der Waals surface area contributed by atoms with Gasteiger partial charge in [0, 0.05) is 18.8 Å². The van der Waals surface area contributed by atoms with Gasteiger partial charge in [-0.25, -0.2) is 0 Å². The number of rotatable bonds is 5. The van der Waals surface area contributed by atoms with Crippen molar-refractivity contribution in [3.8, 4) is 0 Å². The SMILES string of the molecule is O=C(CCc1cccnc1)NC[C@@]1(O)CCCc2ccccc21. The molecule has 0 bridgehead atoms. The maximum absolute atomic E-state index is 12.1. The Labute approximate surface area is 136 Å². The van der Waals surface area contributed by atoms with Crippen LogP contribution in [0, 0.1) is 0 Å². The minimum atomic E-state index is -0.946. The number of benzene rings is 1. The van der Waals surface area contributed by atoms with Gasteiger partial charge in [0.15, 0.2) is 0 Å². The minimum Gasteiger partial charge on any atom is -0.383 e. The molecule has 1 heterocycles. The lowest BCUT2D eigenvalue weighted by Crippen LogP contribution is -2.43. The molecular weight excluding hydrogens is 288 g/mol. The quantitative estimate of drug-likeness (QED) is 0.891. The molecule has 3 rings (SSSR count). The smallest absolute Gasteiger partial charge is 0.220 e. The lowest BCUT2D eigenvalue weighted by Gasteiger charge is -2.34. The first-order valence-corrected chi connectivity index (χ1v) is 8.14. The van der Waals surface area contributed by atoms with Gasteiger partial charge in [-0.3, -0.25) is 9.78 Å². The molecule has 23 heavy (non-hydrogen) atoms. The zero-order valence-corrected chi connectivity index (χ0v) is 13.2. The van der Waals surface area contributed by atoms with E-state index >= 15 is 0 Å². The molecule has 0 unspecified atom stereocenters. The van der Waals surface area contributed by atoms with E-state index in [4.69, 9.17) is 0 Å². The van der Waals surface area contributed by atoms with Gasteiger partial charge >= 0.3 is 0 Å². The molecule has 1 amide bonds. The zero-order valence-electron chi connectivity index (χ0n) is 13.2. The molecule has 2 aromatic rings. The Morgan fingerprint density at radius 1 is 1.26 bits per heavy atom. The van der Waals surface area contributed by atoms with Crippen LogP contribution in [0.4, 0.5) is 0 Å². The third-order valence-electron chi connectivity index (χ3n) is 4.50. The number of carbonyl (C=O) groups excluding carboxylic acids is 1. The summed E-state index contributed by atoms with van der Waals surface area (Å²) in [6.07, 6.45) is 7.19. The number of aromatic nitrogens is 1. The van der Waals surface area contributed by atoms with Crippen LogP contribution in [0.3, 0.4) is 0 Å². The van der Waals surface area contributed by atoms with Crippen LogP contribution in [0.15, 0.2) is 48.8 Å². The van der Waals surface area contributed by atoms with Crippen LogP contribution in [0.1, 0.15) is 36.0 Å². The second kappa shape index (κ2) is 6.92. The Kier molecular flexibility index (Phi) is 4.72. The van der Waals surface area contributed by atoms with E-state index in [1.54, 1.807) is 12.4 Å². The highest BCUT2D eigenvalue weighted by Crippen LogP contribution is 2.34. The number of pyridine rings is 1. The molecule has 4 nitrogen and oxygen atoms in total. The predicted octanol–water partition coefficient (Wildman–Crippen LogP) is 2.35. The summed E-state index contributed by atoms with van der Waals surface area (Å²) in [5, 5.41) is 13.8. The van der Waals surface area contributed by atoms with E-state index in [-0.39, 0.29) is 12.5 Å². The van der Waals surface area contributed by atoms with Crippen molar-refractivity contribution in [3.05, 3.63) is 65.5 Å². The second-order valence-corrected chi connectivity index (χ2v) is 6.18. The van der Waals surface area contributed by atoms with Gasteiger partial charge in [-0.2, -0.15) is 0 Å². The first-order valence-electron chi connectivity index (χ1n) is 8.14. The average Bonchev–Trinajstić information content (AvgIpc) is 2.60. The predicted molar refractivity (Wildman–Crippen MR) is 88.8 cm³/mol.